The van der Waals surface area contributed by atoms with Crippen molar-refractivity contribution in [2.75, 3.05) is 7.11 Å². The Morgan fingerprint density at radius 3 is 2.43 bits per heavy atom. The normalized spacial score (nSPS) is 17.2. The van der Waals surface area contributed by atoms with Crippen LogP contribution in [-0.4, -0.2) is 59.5 Å². The highest BCUT2D eigenvalue weighted by molar-refractivity contribution is 5.96. The molecule has 4 rings (SSSR count). The molecule has 2 aromatic carbocycles. The largest absolute Gasteiger partial charge is 0.497 e. The van der Waals surface area contributed by atoms with Crippen LogP contribution >= 0.6 is 0 Å². The van der Waals surface area contributed by atoms with Crippen molar-refractivity contribution < 1.29 is 47.6 Å². The van der Waals surface area contributed by atoms with Crippen molar-refractivity contribution in [3.05, 3.63) is 82.6 Å². The highest BCUT2D eigenvalue weighted by atomic mass is 16.6. The Labute approximate surface area is 300 Å². The van der Waals surface area contributed by atoms with E-state index in [1.165, 1.54) is 20.1 Å². The van der Waals surface area contributed by atoms with Crippen LogP contribution in [0.25, 0.3) is 6.08 Å². The number of ether oxygens (including phenoxy) is 5. The lowest BCUT2D eigenvalue weighted by molar-refractivity contribution is -0.145. The Balaban J connectivity index is 1.38. The van der Waals surface area contributed by atoms with Crippen molar-refractivity contribution in [3.8, 4) is 11.5 Å². The first kappa shape index (κ1) is 39.3. The predicted octanol–water partition coefficient (Wildman–Crippen LogP) is 6.85. The van der Waals surface area contributed by atoms with E-state index in [-0.39, 0.29) is 36.2 Å². The molecular weight excluding hydrogens is 654 g/mol. The Bertz CT molecular complexity index is 1650. The van der Waals surface area contributed by atoms with Crippen LogP contribution in [0.4, 0.5) is 0 Å². The van der Waals surface area contributed by atoms with E-state index in [0.29, 0.717) is 42.5 Å². The number of aliphatic hydroxyl groups excluding tert-OH is 1. The van der Waals surface area contributed by atoms with Gasteiger partial charge in [-0.25, -0.2) is 9.78 Å². The second-order valence-electron chi connectivity index (χ2n) is 13.3. The number of carbonyl (C=O) groups excluding carboxylic acids is 3. The average Bonchev–Trinajstić information content (AvgIpc) is 3.54. The smallest absolute Gasteiger partial charge is 0.342 e. The van der Waals surface area contributed by atoms with E-state index in [4.69, 9.17) is 28.1 Å². The maximum atomic E-state index is 13.3. The van der Waals surface area contributed by atoms with Crippen molar-refractivity contribution in [1.29, 1.82) is 0 Å². The van der Waals surface area contributed by atoms with E-state index in [2.05, 4.69) is 18.8 Å². The zero-order valence-corrected chi connectivity index (χ0v) is 30.7. The lowest BCUT2D eigenvalue weighted by Crippen LogP contribution is -2.32. The van der Waals surface area contributed by atoms with Gasteiger partial charge < -0.3 is 33.2 Å². The number of fused-ring (bicyclic) bond motifs is 1. The van der Waals surface area contributed by atoms with Gasteiger partial charge >= 0.3 is 17.9 Å². The summed E-state index contributed by atoms with van der Waals surface area (Å²) in [5.41, 5.74) is 3.25. The lowest BCUT2D eigenvalue weighted by atomic mass is 9.90. The molecule has 276 valence electrons. The van der Waals surface area contributed by atoms with E-state index in [0.717, 1.165) is 29.7 Å². The monoisotopic (exact) mass is 705 g/mol. The molecule has 0 unspecified atom stereocenters. The Kier molecular flexibility index (Phi) is 14.4. The second kappa shape index (κ2) is 18.7. The molecule has 0 spiro atoms. The van der Waals surface area contributed by atoms with Crippen LogP contribution < -0.4 is 9.47 Å². The zero-order chi connectivity index (χ0) is 37.1. The molecule has 1 aromatic heterocycles. The fourth-order valence-electron chi connectivity index (χ4n) is 6.15. The van der Waals surface area contributed by atoms with Crippen LogP contribution in [0.2, 0.25) is 0 Å². The van der Waals surface area contributed by atoms with Crippen molar-refractivity contribution in [1.82, 2.24) is 4.98 Å². The summed E-state index contributed by atoms with van der Waals surface area (Å²) in [7, 11) is 1.63. The molecule has 0 saturated carbocycles. The van der Waals surface area contributed by atoms with Crippen molar-refractivity contribution in [3.63, 3.8) is 0 Å². The minimum Gasteiger partial charge on any atom is -0.497 e. The molecule has 6 atom stereocenters. The number of carbonyl (C=O) groups is 3. The molecule has 2 heterocycles. The molecule has 0 fully saturated rings. The number of oxazole rings is 1. The number of nitrogens with zero attached hydrogens (tertiary/aromatic N) is 1. The molecule has 0 aliphatic carbocycles. The highest BCUT2D eigenvalue weighted by Gasteiger charge is 2.33. The summed E-state index contributed by atoms with van der Waals surface area (Å²) in [6, 6.07) is 11.5. The maximum Gasteiger partial charge on any atom is 0.342 e. The van der Waals surface area contributed by atoms with Gasteiger partial charge in [0.2, 0.25) is 0 Å². The molecule has 0 amide bonds. The molecular formula is C40H51NO10. The van der Waals surface area contributed by atoms with Crippen LogP contribution in [0.15, 0.2) is 53.2 Å². The maximum absolute atomic E-state index is 13.3. The number of hydrogen-bond acceptors (Lipinski definition) is 11. The molecule has 3 aromatic rings. The minimum absolute atomic E-state index is 0.179. The summed E-state index contributed by atoms with van der Waals surface area (Å²) in [5.74, 6) is -0.0440. The van der Waals surface area contributed by atoms with Crippen molar-refractivity contribution in [2.24, 2.45) is 11.8 Å². The Morgan fingerprint density at radius 1 is 1.04 bits per heavy atom. The zero-order valence-electron chi connectivity index (χ0n) is 30.7. The third kappa shape index (κ3) is 11.3. The average molecular weight is 706 g/mol. The first-order chi connectivity index (χ1) is 24.4. The number of rotatable bonds is 18. The molecule has 0 bridgehead atoms. The topological polar surface area (TPSA) is 144 Å². The van der Waals surface area contributed by atoms with Gasteiger partial charge in [0, 0.05) is 32.6 Å². The molecule has 0 radical (unpaired) electrons. The molecule has 11 nitrogen and oxygen atoms in total. The number of aromatic nitrogens is 1. The van der Waals surface area contributed by atoms with Crippen LogP contribution in [-0.2, 0) is 49.7 Å². The van der Waals surface area contributed by atoms with Gasteiger partial charge in [0.15, 0.2) is 5.89 Å². The molecule has 11 heteroatoms. The van der Waals surface area contributed by atoms with E-state index < -0.39 is 36.2 Å². The molecule has 1 aliphatic heterocycles. The number of cyclic esters (lactones) is 1. The fraction of sp³-hybridized carbons (Fsp3) is 0.500. The number of aliphatic hydroxyl groups is 1. The van der Waals surface area contributed by atoms with Crippen molar-refractivity contribution >= 4 is 24.0 Å². The van der Waals surface area contributed by atoms with Crippen LogP contribution in [0.3, 0.4) is 0 Å². The van der Waals surface area contributed by atoms with Gasteiger partial charge in [0.25, 0.3) is 0 Å². The van der Waals surface area contributed by atoms with Gasteiger partial charge in [-0.05, 0) is 59.7 Å². The Hall–Kier alpha value is -4.48. The van der Waals surface area contributed by atoms with E-state index in [9.17, 15) is 19.5 Å². The quantitative estimate of drug-likeness (QED) is 0.110. The van der Waals surface area contributed by atoms with E-state index in [1.54, 1.807) is 19.3 Å². The summed E-state index contributed by atoms with van der Waals surface area (Å²) in [6.07, 6.45) is 5.63. The summed E-state index contributed by atoms with van der Waals surface area (Å²) in [6.45, 7) is 11.2. The summed E-state index contributed by atoms with van der Waals surface area (Å²) >= 11 is 0. The first-order valence-corrected chi connectivity index (χ1v) is 17.7. The van der Waals surface area contributed by atoms with Crippen molar-refractivity contribution in [2.45, 2.75) is 111 Å². The van der Waals surface area contributed by atoms with Crippen LogP contribution in [0.5, 0.6) is 11.5 Å². The fourth-order valence-corrected chi connectivity index (χ4v) is 6.15. The Morgan fingerprint density at radius 2 is 1.78 bits per heavy atom. The van der Waals surface area contributed by atoms with Crippen LogP contribution in [0.1, 0.15) is 99.4 Å². The van der Waals surface area contributed by atoms with Gasteiger partial charge in [0.05, 0.1) is 32.3 Å². The van der Waals surface area contributed by atoms with Crippen LogP contribution in [0, 0.1) is 11.8 Å². The standard InChI is InChI=1S/C40H51NO10/c1-8-24(3)18-30-13-12-29-19-34(51-40(45)38(29)39(30)50-27(6)43)20-33(49-26(5)42)17-14-31-23-48-37(41-31)21-35(44)25(4)36(9-2)47-22-28-10-15-32(46-7)16-11-28/h10-17,23-25,33-36,44H,8-9,18-22H2,1-7H3/b17-14+/t24-,25-,33-,34-,35-,36+/m0/s1. The summed E-state index contributed by atoms with van der Waals surface area (Å²) in [4.78, 5) is 41.8. The highest BCUT2D eigenvalue weighted by Crippen LogP contribution is 2.35. The number of hydrogen-bond donors (Lipinski definition) is 1. The molecule has 1 aliphatic rings. The van der Waals surface area contributed by atoms with Gasteiger partial charge in [-0.2, -0.15) is 0 Å². The minimum atomic E-state index is -0.758. The van der Waals surface area contributed by atoms with Gasteiger partial charge in [0.1, 0.15) is 41.2 Å². The lowest BCUT2D eigenvalue weighted by Gasteiger charge is -2.28. The van der Waals surface area contributed by atoms with E-state index >= 15 is 0 Å². The third-order valence-electron chi connectivity index (χ3n) is 9.23. The summed E-state index contributed by atoms with van der Waals surface area (Å²) < 4.78 is 33.9. The van der Waals surface area contributed by atoms with Gasteiger partial charge in [-0.15, -0.1) is 0 Å². The molecule has 51 heavy (non-hydrogen) atoms. The SMILES string of the molecule is CC[C@H](C)Cc1ccc2c(c1OC(C)=O)C(=O)O[C@H](C[C@H](/C=C/c1coc(C[C@H](O)[C@H](C)[C@@H](CC)OCc3ccc(OC)cc3)n1)OC(C)=O)C2. The summed E-state index contributed by atoms with van der Waals surface area (Å²) in [5, 5.41) is 11.0. The second-order valence-corrected chi connectivity index (χ2v) is 13.3. The first-order valence-electron chi connectivity index (χ1n) is 17.7. The number of esters is 3. The third-order valence-corrected chi connectivity index (χ3v) is 9.23. The molecule has 0 saturated heterocycles. The van der Waals surface area contributed by atoms with Gasteiger partial charge in [-0.3, -0.25) is 9.59 Å². The molecule has 1 N–H and O–H groups in total. The number of benzene rings is 2. The predicted molar refractivity (Wildman–Crippen MR) is 190 cm³/mol. The van der Waals surface area contributed by atoms with E-state index in [1.807, 2.05) is 50.2 Å². The number of methoxy groups -OCH3 is 1. The van der Waals surface area contributed by atoms with Gasteiger partial charge in [-0.1, -0.05) is 58.4 Å².